The molecular weight excluding hydrogens is 357 g/mol. The van der Waals surface area contributed by atoms with Gasteiger partial charge in [-0.3, -0.25) is 4.79 Å². The third kappa shape index (κ3) is 3.47. The molecule has 1 amide bonds. The third-order valence-corrected chi connectivity index (χ3v) is 6.15. The van der Waals surface area contributed by atoms with Crippen LogP contribution in [0.25, 0.3) is 0 Å². The van der Waals surface area contributed by atoms with Crippen molar-refractivity contribution in [3.8, 4) is 0 Å². The summed E-state index contributed by atoms with van der Waals surface area (Å²) in [5.74, 6) is -0.378. The van der Waals surface area contributed by atoms with E-state index in [1.165, 1.54) is 6.07 Å². The molecule has 0 bridgehead atoms. The van der Waals surface area contributed by atoms with Gasteiger partial charge in [0, 0.05) is 21.8 Å². The van der Waals surface area contributed by atoms with E-state index in [4.69, 9.17) is 33.9 Å². The maximum atomic E-state index is 12.3. The molecule has 0 aliphatic heterocycles. The summed E-state index contributed by atoms with van der Waals surface area (Å²) in [6.07, 6.45) is 3.71. The second kappa shape index (κ2) is 5.95. The summed E-state index contributed by atoms with van der Waals surface area (Å²) in [4.78, 5) is 11.9. The Labute approximate surface area is 138 Å². The normalized spacial score (nSPS) is 17.1. The van der Waals surface area contributed by atoms with Crippen molar-refractivity contribution in [2.45, 2.75) is 43.0 Å². The number of halogens is 3. The van der Waals surface area contributed by atoms with Crippen molar-refractivity contribution < 1.29 is 13.2 Å². The van der Waals surface area contributed by atoms with Crippen molar-refractivity contribution in [3.05, 3.63) is 27.7 Å². The van der Waals surface area contributed by atoms with E-state index in [2.05, 4.69) is 5.32 Å². The van der Waals surface area contributed by atoms with Crippen LogP contribution in [0.15, 0.2) is 17.0 Å². The second-order valence-electron chi connectivity index (χ2n) is 5.15. The molecule has 0 aromatic heterocycles. The highest BCUT2D eigenvalue weighted by Gasteiger charge is 2.36. The first-order chi connectivity index (χ1) is 9.68. The van der Waals surface area contributed by atoms with E-state index in [-0.39, 0.29) is 32.0 Å². The molecule has 1 aliphatic carbocycles. The molecule has 0 spiro atoms. The fourth-order valence-corrected chi connectivity index (χ4v) is 4.12. The molecular formula is C13H14Cl3NO3S. The van der Waals surface area contributed by atoms with Crippen LogP contribution in [0.3, 0.4) is 0 Å². The lowest BCUT2D eigenvalue weighted by Crippen LogP contribution is -2.53. The molecule has 8 heteroatoms. The minimum atomic E-state index is -4.08. The Hall–Kier alpha value is -0.490. The van der Waals surface area contributed by atoms with Gasteiger partial charge in [0.1, 0.15) is 4.90 Å². The van der Waals surface area contributed by atoms with Gasteiger partial charge in [-0.05, 0) is 37.8 Å². The van der Waals surface area contributed by atoms with Crippen LogP contribution >= 0.6 is 33.9 Å². The molecule has 21 heavy (non-hydrogen) atoms. The zero-order valence-corrected chi connectivity index (χ0v) is 14.3. The van der Waals surface area contributed by atoms with Crippen LogP contribution in [0.2, 0.25) is 10.0 Å². The summed E-state index contributed by atoms with van der Waals surface area (Å²) in [6.45, 7) is 2.00. The number of benzene rings is 1. The van der Waals surface area contributed by atoms with E-state index < -0.39 is 9.05 Å². The first-order valence-corrected chi connectivity index (χ1v) is 9.51. The molecule has 0 heterocycles. The summed E-state index contributed by atoms with van der Waals surface area (Å²) >= 11 is 11.7. The summed E-state index contributed by atoms with van der Waals surface area (Å²) < 4.78 is 23.0. The van der Waals surface area contributed by atoms with Crippen molar-refractivity contribution in [1.29, 1.82) is 0 Å². The number of carbonyl (C=O) groups excluding carboxylic acids is 1. The number of hydrogen-bond donors (Lipinski definition) is 1. The van der Waals surface area contributed by atoms with Gasteiger partial charge in [0.25, 0.3) is 15.0 Å². The van der Waals surface area contributed by atoms with Crippen LogP contribution in [-0.2, 0) is 9.05 Å². The average molecular weight is 371 g/mol. The van der Waals surface area contributed by atoms with Gasteiger partial charge >= 0.3 is 0 Å². The summed E-state index contributed by atoms with van der Waals surface area (Å²) in [5, 5.41) is 2.73. The molecule has 4 nitrogen and oxygen atoms in total. The Bertz CT molecular complexity index is 679. The SMILES string of the molecule is CCC1(NC(=O)c2cc(Cl)c(Cl)c(S(=O)(=O)Cl)c2)CCC1. The van der Waals surface area contributed by atoms with Crippen LogP contribution < -0.4 is 5.32 Å². The van der Waals surface area contributed by atoms with Crippen molar-refractivity contribution >= 4 is 48.8 Å². The Morgan fingerprint density at radius 3 is 2.38 bits per heavy atom. The van der Waals surface area contributed by atoms with Crippen LogP contribution in [0.1, 0.15) is 43.0 Å². The summed E-state index contributed by atoms with van der Waals surface area (Å²) in [6, 6.07) is 2.49. The first-order valence-electron chi connectivity index (χ1n) is 6.45. The standard InChI is InChI=1S/C13H14Cl3NO3S/c1-2-13(4-3-5-13)17-12(18)8-6-9(14)11(15)10(7-8)21(16,19)20/h6-7H,2-5H2,1H3,(H,17,18). The van der Waals surface area contributed by atoms with E-state index in [9.17, 15) is 13.2 Å². The van der Waals surface area contributed by atoms with Crippen molar-refractivity contribution in [1.82, 2.24) is 5.32 Å². The molecule has 1 N–H and O–H groups in total. The van der Waals surface area contributed by atoms with Gasteiger partial charge in [-0.15, -0.1) is 0 Å². The highest BCUT2D eigenvalue weighted by molar-refractivity contribution is 8.13. The van der Waals surface area contributed by atoms with E-state index in [0.717, 1.165) is 31.7 Å². The number of nitrogens with one attached hydrogen (secondary N) is 1. The highest BCUT2D eigenvalue weighted by Crippen LogP contribution is 2.36. The van der Waals surface area contributed by atoms with E-state index in [1.807, 2.05) is 6.92 Å². The number of amides is 1. The predicted molar refractivity (Wildman–Crippen MR) is 83.8 cm³/mol. The summed E-state index contributed by atoms with van der Waals surface area (Å²) in [5.41, 5.74) is -0.0771. The average Bonchev–Trinajstić information content (AvgIpc) is 2.35. The van der Waals surface area contributed by atoms with Gasteiger partial charge in [0.05, 0.1) is 10.0 Å². The maximum absolute atomic E-state index is 12.3. The number of rotatable bonds is 4. The van der Waals surface area contributed by atoms with Crippen LogP contribution in [-0.4, -0.2) is 19.9 Å². The smallest absolute Gasteiger partial charge is 0.262 e. The predicted octanol–water partition coefficient (Wildman–Crippen LogP) is 3.98. The Morgan fingerprint density at radius 1 is 1.33 bits per heavy atom. The molecule has 1 aromatic carbocycles. The lowest BCUT2D eigenvalue weighted by molar-refractivity contribution is 0.0820. The minimum absolute atomic E-state index is 0.0253. The zero-order valence-electron chi connectivity index (χ0n) is 11.3. The number of hydrogen-bond acceptors (Lipinski definition) is 3. The zero-order chi connectivity index (χ0) is 15.8. The Balaban J connectivity index is 2.36. The topological polar surface area (TPSA) is 63.2 Å². The van der Waals surface area contributed by atoms with Gasteiger partial charge in [-0.1, -0.05) is 30.1 Å². The molecule has 1 fully saturated rings. The van der Waals surface area contributed by atoms with Gasteiger partial charge in [-0.25, -0.2) is 8.42 Å². The van der Waals surface area contributed by atoms with Gasteiger partial charge in [-0.2, -0.15) is 0 Å². The van der Waals surface area contributed by atoms with Crippen molar-refractivity contribution in [2.24, 2.45) is 0 Å². The summed E-state index contributed by atoms with van der Waals surface area (Å²) in [7, 11) is 1.23. The first kappa shape index (κ1) is 16.9. The lowest BCUT2D eigenvalue weighted by Gasteiger charge is -2.42. The molecule has 2 rings (SSSR count). The van der Waals surface area contributed by atoms with Gasteiger partial charge in [0.2, 0.25) is 0 Å². The molecule has 1 aromatic rings. The van der Waals surface area contributed by atoms with Gasteiger partial charge in [0.15, 0.2) is 0 Å². The molecule has 0 radical (unpaired) electrons. The van der Waals surface area contributed by atoms with Gasteiger partial charge < -0.3 is 5.32 Å². The maximum Gasteiger partial charge on any atom is 0.262 e. The Morgan fingerprint density at radius 2 is 1.95 bits per heavy atom. The molecule has 0 atom stereocenters. The molecule has 0 unspecified atom stereocenters. The highest BCUT2D eigenvalue weighted by atomic mass is 35.7. The largest absolute Gasteiger partial charge is 0.347 e. The monoisotopic (exact) mass is 369 g/mol. The van der Waals surface area contributed by atoms with Crippen molar-refractivity contribution in [3.63, 3.8) is 0 Å². The van der Waals surface area contributed by atoms with Crippen LogP contribution in [0.4, 0.5) is 0 Å². The Kier molecular flexibility index (Phi) is 4.78. The molecule has 1 saturated carbocycles. The third-order valence-electron chi connectivity index (χ3n) is 3.89. The fourth-order valence-electron chi connectivity index (χ4n) is 2.36. The molecule has 116 valence electrons. The van der Waals surface area contributed by atoms with E-state index in [1.54, 1.807) is 0 Å². The fraction of sp³-hybridized carbons (Fsp3) is 0.462. The minimum Gasteiger partial charge on any atom is -0.347 e. The quantitative estimate of drug-likeness (QED) is 0.815. The van der Waals surface area contributed by atoms with E-state index in [0.29, 0.717) is 0 Å². The second-order valence-corrected chi connectivity index (χ2v) is 8.47. The van der Waals surface area contributed by atoms with Crippen molar-refractivity contribution in [2.75, 3.05) is 0 Å². The lowest BCUT2D eigenvalue weighted by atomic mass is 9.74. The molecule has 1 aliphatic rings. The van der Waals surface area contributed by atoms with Crippen LogP contribution in [0.5, 0.6) is 0 Å². The van der Waals surface area contributed by atoms with E-state index >= 15 is 0 Å². The number of carbonyl (C=O) groups is 1. The molecule has 0 saturated heterocycles. The van der Waals surface area contributed by atoms with Crippen LogP contribution in [0, 0.1) is 0 Å².